The molecule has 1 N–H and O–H groups in total. The van der Waals surface area contributed by atoms with Gasteiger partial charge in [-0.15, -0.1) is 0 Å². The Labute approximate surface area is 104 Å². The summed E-state index contributed by atoms with van der Waals surface area (Å²) < 4.78 is 0. The van der Waals surface area contributed by atoms with Crippen LogP contribution in [0.25, 0.3) is 0 Å². The van der Waals surface area contributed by atoms with E-state index in [1.54, 1.807) is 11.8 Å². The van der Waals surface area contributed by atoms with Gasteiger partial charge in [0, 0.05) is 19.0 Å². The molecule has 0 aromatic rings. The molecule has 0 aliphatic carbocycles. The zero-order valence-electron chi connectivity index (χ0n) is 11.2. The fourth-order valence-corrected chi connectivity index (χ4v) is 1.94. The van der Waals surface area contributed by atoms with E-state index in [2.05, 4.69) is 6.92 Å². The number of rotatable bonds is 9. The van der Waals surface area contributed by atoms with E-state index in [1.165, 1.54) is 0 Å². The van der Waals surface area contributed by atoms with E-state index in [0.29, 0.717) is 13.0 Å². The van der Waals surface area contributed by atoms with Gasteiger partial charge in [-0.05, 0) is 20.3 Å². The molecule has 0 radical (unpaired) electrons. The van der Waals surface area contributed by atoms with Crippen molar-refractivity contribution in [2.45, 2.75) is 65.3 Å². The Morgan fingerprint density at radius 2 is 1.82 bits per heavy atom. The highest BCUT2D eigenvalue weighted by Crippen LogP contribution is 2.10. The van der Waals surface area contributed by atoms with Crippen LogP contribution in [0.5, 0.6) is 0 Å². The molecule has 17 heavy (non-hydrogen) atoms. The maximum Gasteiger partial charge on any atom is 0.305 e. The minimum Gasteiger partial charge on any atom is -0.481 e. The molecule has 0 bridgehead atoms. The molecule has 4 nitrogen and oxygen atoms in total. The molecule has 0 heterocycles. The molecule has 0 aromatic heterocycles. The number of nitrogens with zero attached hydrogens (tertiary/aromatic N) is 1. The maximum absolute atomic E-state index is 11.9. The van der Waals surface area contributed by atoms with Gasteiger partial charge in [0.05, 0.1) is 6.42 Å². The number of carboxylic acids is 1. The summed E-state index contributed by atoms with van der Waals surface area (Å²) in [5.74, 6) is -0.771. The number of carboxylic acid groups (broad SMARTS) is 1. The van der Waals surface area contributed by atoms with Crippen LogP contribution in [-0.4, -0.2) is 34.5 Å². The van der Waals surface area contributed by atoms with E-state index in [1.807, 2.05) is 6.92 Å². The molecule has 0 saturated heterocycles. The van der Waals surface area contributed by atoms with Gasteiger partial charge in [0.25, 0.3) is 0 Å². The summed E-state index contributed by atoms with van der Waals surface area (Å²) in [6.07, 6.45) is 4.85. The summed E-state index contributed by atoms with van der Waals surface area (Å²) >= 11 is 0. The van der Waals surface area contributed by atoms with Crippen molar-refractivity contribution in [3.8, 4) is 0 Å². The van der Waals surface area contributed by atoms with Gasteiger partial charge in [0.2, 0.25) is 5.91 Å². The van der Waals surface area contributed by atoms with Gasteiger partial charge in [-0.1, -0.05) is 26.2 Å². The highest BCUT2D eigenvalue weighted by molar-refractivity contribution is 5.77. The highest BCUT2D eigenvalue weighted by atomic mass is 16.4. The van der Waals surface area contributed by atoms with Crippen molar-refractivity contribution < 1.29 is 14.7 Å². The van der Waals surface area contributed by atoms with Gasteiger partial charge in [0.15, 0.2) is 0 Å². The predicted molar refractivity (Wildman–Crippen MR) is 67.9 cm³/mol. The first-order valence-corrected chi connectivity index (χ1v) is 6.54. The van der Waals surface area contributed by atoms with Crippen molar-refractivity contribution >= 4 is 11.9 Å². The molecule has 1 atom stereocenters. The van der Waals surface area contributed by atoms with Crippen LogP contribution in [0.2, 0.25) is 0 Å². The smallest absolute Gasteiger partial charge is 0.305 e. The molecule has 1 unspecified atom stereocenters. The zero-order chi connectivity index (χ0) is 13.3. The summed E-state index contributed by atoms with van der Waals surface area (Å²) in [6, 6.07) is -0.212. The Kier molecular flexibility index (Phi) is 8.46. The summed E-state index contributed by atoms with van der Waals surface area (Å²) in [4.78, 5) is 24.2. The van der Waals surface area contributed by atoms with E-state index in [4.69, 9.17) is 5.11 Å². The van der Waals surface area contributed by atoms with Crippen LogP contribution in [-0.2, 0) is 9.59 Å². The number of amides is 1. The van der Waals surface area contributed by atoms with Crippen LogP contribution < -0.4 is 0 Å². The van der Waals surface area contributed by atoms with Gasteiger partial charge < -0.3 is 10.0 Å². The molecule has 0 fully saturated rings. The van der Waals surface area contributed by atoms with Crippen LogP contribution in [0, 0.1) is 0 Å². The Morgan fingerprint density at radius 3 is 2.29 bits per heavy atom. The van der Waals surface area contributed by atoms with Crippen LogP contribution in [0.1, 0.15) is 59.3 Å². The third-order valence-corrected chi connectivity index (χ3v) is 2.91. The van der Waals surface area contributed by atoms with Crippen molar-refractivity contribution in [3.63, 3.8) is 0 Å². The molecule has 1 amide bonds. The summed E-state index contributed by atoms with van der Waals surface area (Å²) in [5, 5.41) is 8.72. The molecule has 100 valence electrons. The van der Waals surface area contributed by atoms with Crippen molar-refractivity contribution in [3.05, 3.63) is 0 Å². The number of hydrogen-bond acceptors (Lipinski definition) is 2. The van der Waals surface area contributed by atoms with Crippen LogP contribution in [0.4, 0.5) is 0 Å². The standard InChI is InChI=1S/C13H25NO3/c1-4-6-7-8-9-12(15)14(5-2)11(3)10-13(16)17/h11H,4-10H2,1-3H3,(H,16,17). The fourth-order valence-electron chi connectivity index (χ4n) is 1.94. The zero-order valence-corrected chi connectivity index (χ0v) is 11.2. The first-order chi connectivity index (χ1) is 8.02. The molecule has 4 heteroatoms. The first kappa shape index (κ1) is 15.9. The summed E-state index contributed by atoms with van der Waals surface area (Å²) in [6.45, 7) is 6.40. The van der Waals surface area contributed by atoms with Gasteiger partial charge in [0.1, 0.15) is 0 Å². The van der Waals surface area contributed by atoms with Gasteiger partial charge in [-0.3, -0.25) is 9.59 Å². The number of aliphatic carboxylic acids is 1. The maximum atomic E-state index is 11.9. The molecular weight excluding hydrogens is 218 g/mol. The van der Waals surface area contributed by atoms with Crippen LogP contribution >= 0.6 is 0 Å². The number of carbonyl (C=O) groups is 2. The quantitative estimate of drug-likeness (QED) is 0.633. The average Bonchev–Trinajstić information content (AvgIpc) is 2.24. The number of unbranched alkanes of at least 4 members (excludes halogenated alkanes) is 3. The topological polar surface area (TPSA) is 57.6 Å². The van der Waals surface area contributed by atoms with Gasteiger partial charge >= 0.3 is 5.97 Å². The highest BCUT2D eigenvalue weighted by Gasteiger charge is 2.19. The average molecular weight is 243 g/mol. The third-order valence-electron chi connectivity index (χ3n) is 2.91. The Morgan fingerprint density at radius 1 is 1.18 bits per heavy atom. The Bertz CT molecular complexity index is 241. The van der Waals surface area contributed by atoms with Gasteiger partial charge in [-0.2, -0.15) is 0 Å². The number of hydrogen-bond donors (Lipinski definition) is 1. The lowest BCUT2D eigenvalue weighted by Crippen LogP contribution is -2.39. The van der Waals surface area contributed by atoms with Crippen molar-refractivity contribution in [2.75, 3.05) is 6.54 Å². The normalized spacial score (nSPS) is 12.2. The minimum atomic E-state index is -0.852. The number of carbonyl (C=O) groups excluding carboxylic acids is 1. The van der Waals surface area contributed by atoms with Crippen molar-refractivity contribution in [1.29, 1.82) is 0 Å². The second-order valence-corrected chi connectivity index (χ2v) is 4.44. The molecule has 0 saturated carbocycles. The largest absolute Gasteiger partial charge is 0.481 e. The summed E-state index contributed by atoms with van der Waals surface area (Å²) in [7, 11) is 0. The van der Waals surface area contributed by atoms with E-state index in [-0.39, 0.29) is 18.4 Å². The second kappa shape index (κ2) is 9.02. The lowest BCUT2D eigenvalue weighted by Gasteiger charge is -2.27. The Balaban J connectivity index is 4.06. The fraction of sp³-hybridized carbons (Fsp3) is 0.846. The predicted octanol–water partition coefficient (Wildman–Crippen LogP) is 2.67. The molecule has 0 aliphatic rings. The van der Waals surface area contributed by atoms with Crippen LogP contribution in [0.3, 0.4) is 0 Å². The molecular formula is C13H25NO3. The second-order valence-electron chi connectivity index (χ2n) is 4.44. The molecule has 0 aliphatic heterocycles. The van der Waals surface area contributed by atoms with Crippen LogP contribution in [0.15, 0.2) is 0 Å². The lowest BCUT2D eigenvalue weighted by atomic mass is 10.1. The van der Waals surface area contributed by atoms with Gasteiger partial charge in [-0.25, -0.2) is 0 Å². The third kappa shape index (κ3) is 6.97. The molecule has 0 rings (SSSR count). The Hall–Kier alpha value is -1.06. The first-order valence-electron chi connectivity index (χ1n) is 6.54. The minimum absolute atomic E-state index is 0.0224. The SMILES string of the molecule is CCCCCCC(=O)N(CC)C(C)CC(=O)O. The van der Waals surface area contributed by atoms with E-state index in [9.17, 15) is 9.59 Å². The molecule has 0 spiro atoms. The summed E-state index contributed by atoms with van der Waals surface area (Å²) in [5.41, 5.74) is 0. The lowest BCUT2D eigenvalue weighted by molar-refractivity contribution is -0.140. The van der Waals surface area contributed by atoms with E-state index in [0.717, 1.165) is 25.7 Å². The van der Waals surface area contributed by atoms with Crippen molar-refractivity contribution in [1.82, 2.24) is 4.90 Å². The van der Waals surface area contributed by atoms with Crippen molar-refractivity contribution in [2.24, 2.45) is 0 Å². The monoisotopic (exact) mass is 243 g/mol. The van der Waals surface area contributed by atoms with E-state index < -0.39 is 5.97 Å². The van der Waals surface area contributed by atoms with E-state index >= 15 is 0 Å². The molecule has 0 aromatic carbocycles.